The van der Waals surface area contributed by atoms with E-state index in [0.29, 0.717) is 23.7 Å². The van der Waals surface area contributed by atoms with E-state index in [1.807, 2.05) is 25.4 Å². The fourth-order valence-electron chi connectivity index (χ4n) is 4.74. The van der Waals surface area contributed by atoms with E-state index >= 15 is 0 Å². The summed E-state index contributed by atoms with van der Waals surface area (Å²) in [6.07, 6.45) is 6.46. The number of amides is 1. The summed E-state index contributed by atoms with van der Waals surface area (Å²) in [4.78, 5) is 24.7. The second-order valence-corrected chi connectivity index (χ2v) is 8.99. The largest absolute Gasteiger partial charge is 0.391 e. The number of carbonyl (C=O) groups is 1. The number of nitrogens with zero attached hydrogens (tertiary/aromatic N) is 6. The maximum atomic E-state index is 12.9. The molecule has 1 saturated heterocycles. The summed E-state index contributed by atoms with van der Waals surface area (Å²) in [5.41, 5.74) is 3.50. The van der Waals surface area contributed by atoms with Crippen molar-refractivity contribution in [2.24, 2.45) is 0 Å². The zero-order valence-electron chi connectivity index (χ0n) is 18.6. The van der Waals surface area contributed by atoms with Crippen molar-refractivity contribution >= 4 is 28.4 Å². The fraction of sp³-hybridized carbons (Fsp3) is 0.391. The molecule has 2 fully saturated rings. The van der Waals surface area contributed by atoms with Crippen LogP contribution >= 0.6 is 0 Å². The molecule has 33 heavy (non-hydrogen) atoms. The van der Waals surface area contributed by atoms with Crippen LogP contribution in [-0.4, -0.2) is 79.4 Å². The van der Waals surface area contributed by atoms with Gasteiger partial charge in [-0.2, -0.15) is 9.61 Å². The van der Waals surface area contributed by atoms with Gasteiger partial charge in [-0.3, -0.25) is 4.79 Å². The van der Waals surface area contributed by atoms with Crippen LogP contribution in [0, 0.1) is 0 Å². The summed E-state index contributed by atoms with van der Waals surface area (Å²) in [5.74, 6) is 0.452. The van der Waals surface area contributed by atoms with Crippen LogP contribution in [0.1, 0.15) is 29.2 Å². The number of nitrogens with one attached hydrogen (secondary N) is 2. The highest BCUT2D eigenvalue weighted by molar-refractivity contribution is 6.01. The molecule has 3 N–H and O–H groups in total. The van der Waals surface area contributed by atoms with Crippen LogP contribution in [0.2, 0.25) is 0 Å². The number of likely N-dealkylation sites (N-methyl/N-ethyl adjacent to an activating group) is 1. The molecule has 1 saturated carbocycles. The van der Waals surface area contributed by atoms with E-state index in [0.717, 1.165) is 47.6 Å². The van der Waals surface area contributed by atoms with Crippen molar-refractivity contribution < 1.29 is 9.90 Å². The molecule has 0 bridgehead atoms. The molecule has 0 radical (unpaired) electrons. The Morgan fingerprint density at radius 3 is 2.79 bits per heavy atom. The monoisotopic (exact) mass is 446 g/mol. The third-order valence-corrected chi connectivity index (χ3v) is 6.83. The first kappa shape index (κ1) is 20.1. The first-order valence-electron chi connectivity index (χ1n) is 11.2. The Labute approximate surface area is 190 Å². The average molecular weight is 447 g/mol. The Balaban J connectivity index is 1.46. The van der Waals surface area contributed by atoms with Gasteiger partial charge in [-0.1, -0.05) is 0 Å². The van der Waals surface area contributed by atoms with Gasteiger partial charge >= 0.3 is 0 Å². The topological polar surface area (TPSA) is 113 Å². The van der Waals surface area contributed by atoms with Gasteiger partial charge in [0.15, 0.2) is 5.65 Å². The van der Waals surface area contributed by atoms with E-state index in [2.05, 4.69) is 49.5 Å². The third-order valence-electron chi connectivity index (χ3n) is 6.83. The molecule has 4 aromatic rings. The van der Waals surface area contributed by atoms with E-state index in [4.69, 9.17) is 4.98 Å². The molecule has 6 rings (SSSR count). The van der Waals surface area contributed by atoms with Crippen molar-refractivity contribution in [3.05, 3.63) is 42.4 Å². The average Bonchev–Trinajstić information content (AvgIpc) is 3.40. The number of likely N-dealkylation sites (tertiary alicyclic amines) is 1. The Hall–Kier alpha value is -3.50. The van der Waals surface area contributed by atoms with Crippen LogP contribution in [0.5, 0.6) is 0 Å². The fourth-order valence-corrected chi connectivity index (χ4v) is 4.74. The van der Waals surface area contributed by atoms with E-state index in [9.17, 15) is 9.90 Å². The number of pyridine rings is 1. The van der Waals surface area contributed by atoms with Crippen molar-refractivity contribution in [1.82, 2.24) is 34.4 Å². The number of aromatic nitrogens is 5. The second-order valence-electron chi connectivity index (χ2n) is 8.99. The molecule has 1 unspecified atom stereocenters. The van der Waals surface area contributed by atoms with Gasteiger partial charge in [-0.25, -0.2) is 9.97 Å². The van der Waals surface area contributed by atoms with Crippen molar-refractivity contribution in [2.45, 2.75) is 31.0 Å². The molecule has 2 atom stereocenters. The van der Waals surface area contributed by atoms with Gasteiger partial charge < -0.3 is 25.2 Å². The molecule has 10 heteroatoms. The maximum absolute atomic E-state index is 12.9. The van der Waals surface area contributed by atoms with E-state index in [1.165, 1.54) is 6.20 Å². The molecule has 1 aliphatic heterocycles. The summed E-state index contributed by atoms with van der Waals surface area (Å²) in [6.45, 7) is 1.96. The van der Waals surface area contributed by atoms with Crippen molar-refractivity contribution in [3.8, 4) is 11.3 Å². The zero-order valence-corrected chi connectivity index (χ0v) is 18.6. The number of aliphatic hydroxyl groups is 1. The van der Waals surface area contributed by atoms with E-state index < -0.39 is 6.10 Å². The van der Waals surface area contributed by atoms with E-state index in [-0.39, 0.29) is 11.9 Å². The molecule has 4 aromatic heterocycles. The molecule has 1 aliphatic carbocycles. The van der Waals surface area contributed by atoms with Gasteiger partial charge in [0.2, 0.25) is 0 Å². The lowest BCUT2D eigenvalue weighted by Crippen LogP contribution is -2.50. The standard InChI is InChI=1S/C23H26N8O2/c1-24-20-8-18(16-12-30(13-10-29(2)11-13)21-14(16)4-3-7-25-21)27-22-15(9-26-31(20)22)23(33)28-17-5-6-19(17)32/h3-4,7-9,12-13,17,19,24,32H,5-6,10-11H2,1-2H3,(H,28,33)/t17?,19-/m0/s1. The Kier molecular flexibility index (Phi) is 4.59. The normalized spacial score (nSPS) is 21.2. The van der Waals surface area contributed by atoms with Gasteiger partial charge in [0.1, 0.15) is 17.0 Å². The molecular weight excluding hydrogens is 420 g/mol. The van der Waals surface area contributed by atoms with Gasteiger partial charge in [-0.05, 0) is 32.0 Å². The Morgan fingerprint density at radius 2 is 2.09 bits per heavy atom. The predicted molar refractivity (Wildman–Crippen MR) is 124 cm³/mol. The molecule has 0 spiro atoms. The summed E-state index contributed by atoms with van der Waals surface area (Å²) < 4.78 is 3.87. The summed E-state index contributed by atoms with van der Waals surface area (Å²) >= 11 is 0. The number of aliphatic hydroxyl groups excluding tert-OH is 1. The smallest absolute Gasteiger partial charge is 0.257 e. The third kappa shape index (κ3) is 3.17. The van der Waals surface area contributed by atoms with Gasteiger partial charge in [0.05, 0.1) is 30.1 Å². The Bertz CT molecular complexity index is 1370. The number of carbonyl (C=O) groups excluding carboxylic acids is 1. The minimum Gasteiger partial charge on any atom is -0.391 e. The second kappa shape index (κ2) is 7.53. The Morgan fingerprint density at radius 1 is 1.24 bits per heavy atom. The van der Waals surface area contributed by atoms with Crippen LogP contribution < -0.4 is 10.6 Å². The molecule has 10 nitrogen and oxygen atoms in total. The predicted octanol–water partition coefficient (Wildman–Crippen LogP) is 1.53. The van der Waals surface area contributed by atoms with Crippen LogP contribution in [0.3, 0.4) is 0 Å². The van der Waals surface area contributed by atoms with Crippen LogP contribution in [0.25, 0.3) is 27.9 Å². The molecule has 2 aliphatic rings. The summed E-state index contributed by atoms with van der Waals surface area (Å²) in [7, 11) is 3.93. The number of hydrogen-bond donors (Lipinski definition) is 3. The summed E-state index contributed by atoms with van der Waals surface area (Å²) in [5, 5.41) is 21.3. The SMILES string of the molecule is CNc1cc(-c2cn(C3CN(C)C3)c3ncccc23)nc2c(C(=O)NC3CC[C@@H]3O)cnn12. The van der Waals surface area contributed by atoms with Crippen molar-refractivity contribution in [3.63, 3.8) is 0 Å². The number of fused-ring (bicyclic) bond motifs is 2. The number of hydrogen-bond acceptors (Lipinski definition) is 7. The van der Waals surface area contributed by atoms with Crippen molar-refractivity contribution in [2.75, 3.05) is 32.5 Å². The van der Waals surface area contributed by atoms with Crippen LogP contribution in [0.4, 0.5) is 5.82 Å². The first-order chi connectivity index (χ1) is 16.0. The number of anilines is 1. The van der Waals surface area contributed by atoms with E-state index in [1.54, 1.807) is 4.52 Å². The quantitative estimate of drug-likeness (QED) is 0.426. The lowest BCUT2D eigenvalue weighted by molar-refractivity contribution is 0.0448. The lowest BCUT2D eigenvalue weighted by Gasteiger charge is -2.37. The highest BCUT2D eigenvalue weighted by Crippen LogP contribution is 2.34. The van der Waals surface area contributed by atoms with Crippen molar-refractivity contribution in [1.29, 1.82) is 0 Å². The summed E-state index contributed by atoms with van der Waals surface area (Å²) in [6, 6.07) is 6.09. The molecule has 5 heterocycles. The lowest BCUT2D eigenvalue weighted by atomic mass is 9.89. The van der Waals surface area contributed by atoms with Gasteiger partial charge in [0.25, 0.3) is 5.91 Å². The molecule has 1 amide bonds. The number of rotatable bonds is 5. The van der Waals surface area contributed by atoms with Crippen LogP contribution in [0.15, 0.2) is 36.8 Å². The molecule has 0 aromatic carbocycles. The molecule has 170 valence electrons. The minimum atomic E-state index is -0.489. The maximum Gasteiger partial charge on any atom is 0.257 e. The highest BCUT2D eigenvalue weighted by Gasteiger charge is 2.32. The molecular formula is C23H26N8O2. The first-order valence-corrected chi connectivity index (χ1v) is 11.2. The minimum absolute atomic E-state index is 0.218. The zero-order chi connectivity index (χ0) is 22.7. The van der Waals surface area contributed by atoms with Gasteiger partial charge in [-0.15, -0.1) is 0 Å². The van der Waals surface area contributed by atoms with Crippen LogP contribution in [-0.2, 0) is 0 Å². The highest BCUT2D eigenvalue weighted by atomic mass is 16.3. The van der Waals surface area contributed by atoms with Gasteiger partial charge in [0, 0.05) is 49.5 Å².